The summed E-state index contributed by atoms with van der Waals surface area (Å²) in [5.41, 5.74) is -1.28. The highest BCUT2D eigenvalue weighted by molar-refractivity contribution is 7.93. The topological polar surface area (TPSA) is 150 Å². The first-order valence-electron chi connectivity index (χ1n) is 9.87. The Morgan fingerprint density at radius 1 is 0.912 bits per heavy atom. The van der Waals surface area contributed by atoms with Gasteiger partial charge in [-0.15, -0.1) is 0 Å². The van der Waals surface area contributed by atoms with Crippen molar-refractivity contribution in [2.24, 2.45) is 0 Å². The molecule has 3 rings (SSSR count). The van der Waals surface area contributed by atoms with Crippen LogP contribution in [0.25, 0.3) is 0 Å². The molecule has 0 saturated carbocycles. The number of hydrogen-bond acceptors (Lipinski definition) is 8. The van der Waals surface area contributed by atoms with Crippen molar-refractivity contribution in [3.8, 4) is 5.75 Å². The number of carbonyl (C=O) groups excluding carboxylic acids is 1. The molecule has 0 radical (unpaired) electrons. The van der Waals surface area contributed by atoms with Crippen LogP contribution >= 0.6 is 0 Å². The van der Waals surface area contributed by atoms with Crippen LogP contribution in [0, 0.1) is 27.2 Å². The molecule has 0 spiro atoms. The monoisotopic (exact) mass is 485 g/mol. The third-order valence-corrected chi connectivity index (χ3v) is 6.42. The maximum Gasteiger partial charge on any atom is 0.277 e. The molecule has 0 aliphatic carbocycles. The van der Waals surface area contributed by atoms with E-state index in [4.69, 9.17) is 4.74 Å². The van der Waals surface area contributed by atoms with E-state index in [1.807, 2.05) is 0 Å². The predicted molar refractivity (Wildman–Crippen MR) is 123 cm³/mol. The first-order valence-corrected chi connectivity index (χ1v) is 11.3. The molecule has 0 aliphatic rings. The first-order chi connectivity index (χ1) is 16.0. The smallest absolute Gasteiger partial charge is 0.277 e. The van der Waals surface area contributed by atoms with Gasteiger partial charge in [0.15, 0.2) is 0 Å². The van der Waals surface area contributed by atoms with Crippen molar-refractivity contribution in [1.82, 2.24) is 0 Å². The molecule has 176 valence electrons. The summed E-state index contributed by atoms with van der Waals surface area (Å²) in [7, 11) is -4.51. The molecule has 1 amide bonds. The lowest BCUT2D eigenvalue weighted by Gasteiger charge is -2.23. The molecule has 0 heterocycles. The molecule has 0 fully saturated rings. The number of aryl methyl sites for hydroxylation is 1. The van der Waals surface area contributed by atoms with Crippen molar-refractivity contribution in [2.45, 2.75) is 18.7 Å². The highest BCUT2D eigenvalue weighted by Crippen LogP contribution is 2.30. The maximum atomic E-state index is 13.5. The lowest BCUT2D eigenvalue weighted by atomic mass is 10.1. The molecule has 3 aromatic rings. The van der Waals surface area contributed by atoms with E-state index >= 15 is 0 Å². The number of amides is 1. The van der Waals surface area contributed by atoms with Gasteiger partial charge in [0, 0.05) is 12.1 Å². The van der Waals surface area contributed by atoms with Gasteiger partial charge >= 0.3 is 0 Å². The van der Waals surface area contributed by atoms with Crippen molar-refractivity contribution in [2.75, 3.05) is 10.9 Å². The Hall–Kier alpha value is -4.32. The summed E-state index contributed by atoms with van der Waals surface area (Å²) < 4.78 is 32.8. The zero-order valence-electron chi connectivity index (χ0n) is 18.1. The van der Waals surface area contributed by atoms with E-state index in [0.29, 0.717) is 22.7 Å². The number of nitrogens with zero attached hydrogens (tertiary/aromatic N) is 3. The molecule has 0 atom stereocenters. The molecule has 3 aromatic carbocycles. The van der Waals surface area contributed by atoms with Crippen LogP contribution in [0.5, 0.6) is 5.75 Å². The highest BCUT2D eigenvalue weighted by atomic mass is 32.2. The van der Waals surface area contributed by atoms with E-state index in [2.05, 4.69) is 0 Å². The molecule has 0 unspecified atom stereocenters. The van der Waals surface area contributed by atoms with Crippen LogP contribution in [0.2, 0.25) is 0 Å². The molecule has 0 N–H and O–H groups in total. The van der Waals surface area contributed by atoms with Gasteiger partial charge in [-0.25, -0.2) is 8.42 Å². The molecule has 0 aromatic heterocycles. The second kappa shape index (κ2) is 9.67. The fraction of sp³-hybridized carbons (Fsp3) is 0.136. The van der Waals surface area contributed by atoms with E-state index in [9.17, 15) is 33.4 Å². The first kappa shape index (κ1) is 24.3. The number of sulfonamides is 1. The fourth-order valence-electron chi connectivity index (χ4n) is 3.07. The zero-order valence-corrected chi connectivity index (χ0v) is 18.9. The summed E-state index contributed by atoms with van der Waals surface area (Å²) in [4.78, 5) is 34.0. The second-order valence-electron chi connectivity index (χ2n) is 7.07. The van der Waals surface area contributed by atoms with Gasteiger partial charge in [-0.2, -0.15) is 4.31 Å². The number of non-ortho nitro benzene ring substituents is 2. The van der Waals surface area contributed by atoms with Crippen molar-refractivity contribution in [3.05, 3.63) is 98.1 Å². The Morgan fingerprint density at radius 3 is 1.91 bits per heavy atom. The summed E-state index contributed by atoms with van der Waals surface area (Å²) in [5, 5.41) is 22.5. The average Bonchev–Trinajstić information content (AvgIpc) is 2.80. The third-order valence-electron chi connectivity index (χ3n) is 4.70. The van der Waals surface area contributed by atoms with Crippen LogP contribution in [0.4, 0.5) is 17.1 Å². The number of anilines is 1. The number of hydrogen-bond donors (Lipinski definition) is 0. The lowest BCUT2D eigenvalue weighted by Crippen LogP contribution is -2.37. The molecular formula is C22H19N3O8S. The third kappa shape index (κ3) is 5.02. The van der Waals surface area contributed by atoms with Crippen LogP contribution < -0.4 is 9.04 Å². The minimum Gasteiger partial charge on any atom is -0.494 e. The molecule has 0 bridgehead atoms. The molecule has 0 saturated heterocycles. The van der Waals surface area contributed by atoms with Crippen molar-refractivity contribution in [1.29, 1.82) is 0 Å². The quantitative estimate of drug-likeness (QED) is 0.339. The van der Waals surface area contributed by atoms with Crippen LogP contribution in [-0.2, 0) is 10.0 Å². The Kier molecular flexibility index (Phi) is 6.92. The van der Waals surface area contributed by atoms with Crippen LogP contribution in [0.3, 0.4) is 0 Å². The molecule has 11 nitrogen and oxygen atoms in total. The lowest BCUT2D eigenvalue weighted by molar-refractivity contribution is -0.394. The number of nitro groups is 2. The zero-order chi connectivity index (χ0) is 25.0. The van der Waals surface area contributed by atoms with E-state index in [-0.39, 0.29) is 10.6 Å². The summed E-state index contributed by atoms with van der Waals surface area (Å²) in [5.74, 6) is -0.770. The Labute approximate surface area is 194 Å². The van der Waals surface area contributed by atoms with Crippen LogP contribution in [0.15, 0.2) is 71.6 Å². The van der Waals surface area contributed by atoms with E-state index in [1.165, 1.54) is 36.4 Å². The van der Waals surface area contributed by atoms with Gasteiger partial charge in [-0.1, -0.05) is 17.7 Å². The number of carbonyl (C=O) groups is 1. The number of rotatable bonds is 8. The SMILES string of the molecule is CCOc1ccc(N(C(=O)c2cc([N+](=O)[O-])cc([N+](=O)[O-])c2)S(=O)(=O)c2ccc(C)cc2)cc1. The highest BCUT2D eigenvalue weighted by Gasteiger charge is 2.33. The second-order valence-corrected chi connectivity index (χ2v) is 8.85. The van der Waals surface area contributed by atoms with Crippen molar-refractivity contribution in [3.63, 3.8) is 0 Å². The Morgan fingerprint density at radius 2 is 1.44 bits per heavy atom. The molecule has 12 heteroatoms. The Bertz CT molecular complexity index is 1320. The van der Waals surface area contributed by atoms with Crippen molar-refractivity contribution < 1.29 is 27.8 Å². The summed E-state index contributed by atoms with van der Waals surface area (Å²) in [6.07, 6.45) is 0. The molecular weight excluding hydrogens is 466 g/mol. The summed E-state index contributed by atoms with van der Waals surface area (Å²) >= 11 is 0. The van der Waals surface area contributed by atoms with Crippen molar-refractivity contribution >= 4 is 33.0 Å². The van der Waals surface area contributed by atoms with Crippen LogP contribution in [-0.4, -0.2) is 30.8 Å². The van der Waals surface area contributed by atoms with Gasteiger partial charge in [0.1, 0.15) is 5.75 Å². The maximum absolute atomic E-state index is 13.5. The van der Waals surface area contributed by atoms with Crippen LogP contribution in [0.1, 0.15) is 22.8 Å². The van der Waals surface area contributed by atoms with Gasteiger partial charge in [0.05, 0.1) is 38.7 Å². The van der Waals surface area contributed by atoms with E-state index in [0.717, 1.165) is 17.7 Å². The van der Waals surface area contributed by atoms with Gasteiger partial charge in [-0.3, -0.25) is 25.0 Å². The standard InChI is InChI=1S/C22H19N3O8S/c1-3-33-20-8-6-17(7-9-20)23(34(31,32)21-10-4-15(2)5-11-21)22(26)16-12-18(24(27)28)14-19(13-16)25(29)30/h4-14H,3H2,1-2H3. The molecule has 0 aliphatic heterocycles. The summed E-state index contributed by atoms with van der Waals surface area (Å²) in [6, 6.07) is 13.6. The van der Waals surface area contributed by atoms with E-state index < -0.39 is 42.7 Å². The largest absolute Gasteiger partial charge is 0.494 e. The van der Waals surface area contributed by atoms with E-state index in [1.54, 1.807) is 26.0 Å². The van der Waals surface area contributed by atoms with Gasteiger partial charge in [-0.05, 0) is 50.2 Å². The predicted octanol–water partition coefficient (Wildman–Crippen LogP) is 4.25. The molecule has 34 heavy (non-hydrogen) atoms. The number of nitro benzene ring substituents is 2. The fourth-order valence-corrected chi connectivity index (χ4v) is 4.49. The van der Waals surface area contributed by atoms with Gasteiger partial charge < -0.3 is 4.74 Å². The normalized spacial score (nSPS) is 11.0. The minimum atomic E-state index is -4.51. The number of benzene rings is 3. The van der Waals surface area contributed by atoms with Gasteiger partial charge in [0.25, 0.3) is 27.3 Å². The minimum absolute atomic E-state index is 0.0804. The Balaban J connectivity index is 2.21. The van der Waals surface area contributed by atoms with Gasteiger partial charge in [0.2, 0.25) is 0 Å². The summed E-state index contributed by atoms with van der Waals surface area (Å²) in [6.45, 7) is 3.88. The number of ether oxygens (including phenoxy) is 1. The average molecular weight is 485 g/mol.